The van der Waals surface area contributed by atoms with Crippen LogP contribution in [0.15, 0.2) is 48.4 Å². The van der Waals surface area contributed by atoms with E-state index in [1.165, 1.54) is 17.0 Å². The molecule has 5 nitrogen and oxygen atoms in total. The van der Waals surface area contributed by atoms with Gasteiger partial charge in [-0.1, -0.05) is 18.2 Å². The number of nitrogens with one attached hydrogen (secondary N) is 2. The Morgan fingerprint density at radius 2 is 2.22 bits per heavy atom. The summed E-state index contributed by atoms with van der Waals surface area (Å²) in [5.41, 5.74) is 6.22. The molecule has 1 amide bonds. The van der Waals surface area contributed by atoms with Crippen molar-refractivity contribution >= 4 is 6.09 Å². The number of amides is 1. The molecule has 1 fully saturated rings. The van der Waals surface area contributed by atoms with Gasteiger partial charge in [-0.3, -0.25) is 4.90 Å². The summed E-state index contributed by atoms with van der Waals surface area (Å²) in [4.78, 5) is 13.2. The molecule has 0 spiro atoms. The summed E-state index contributed by atoms with van der Waals surface area (Å²) in [5, 5.41) is 0. The first-order chi connectivity index (χ1) is 10.9. The van der Waals surface area contributed by atoms with Crippen LogP contribution in [0.1, 0.15) is 11.1 Å². The predicted molar refractivity (Wildman–Crippen MR) is 75.3 cm³/mol. The SMILES string of the molecule is O=C(OCc1cccc(C(F)(F)F)c1)N1C=CC2CNNC2=C1. The molecule has 1 aromatic rings. The number of hydrazine groups is 1. The van der Waals surface area contributed by atoms with Gasteiger partial charge in [-0.15, -0.1) is 0 Å². The third kappa shape index (κ3) is 3.48. The van der Waals surface area contributed by atoms with Gasteiger partial charge in [0, 0.05) is 24.9 Å². The Labute approximate surface area is 130 Å². The Balaban J connectivity index is 1.61. The Kier molecular flexibility index (Phi) is 3.99. The highest BCUT2D eigenvalue weighted by Crippen LogP contribution is 2.29. The number of nitrogens with zero attached hydrogens (tertiary/aromatic N) is 1. The van der Waals surface area contributed by atoms with Crippen LogP contribution < -0.4 is 10.9 Å². The number of hydrogen-bond acceptors (Lipinski definition) is 4. The normalized spacial score (nSPS) is 19.9. The lowest BCUT2D eigenvalue weighted by Gasteiger charge is -2.20. The molecule has 0 radical (unpaired) electrons. The zero-order valence-corrected chi connectivity index (χ0v) is 11.9. The van der Waals surface area contributed by atoms with E-state index in [9.17, 15) is 18.0 Å². The van der Waals surface area contributed by atoms with E-state index >= 15 is 0 Å². The first kappa shape index (κ1) is 15.4. The van der Waals surface area contributed by atoms with Gasteiger partial charge in [0.25, 0.3) is 0 Å². The summed E-state index contributed by atoms with van der Waals surface area (Å²) in [6, 6.07) is 4.71. The second-order valence-corrected chi connectivity index (χ2v) is 5.20. The first-order valence-electron chi connectivity index (χ1n) is 6.93. The van der Waals surface area contributed by atoms with Crippen molar-refractivity contribution in [2.24, 2.45) is 5.92 Å². The molecule has 1 saturated heterocycles. The van der Waals surface area contributed by atoms with Crippen LogP contribution in [0, 0.1) is 5.92 Å². The maximum atomic E-state index is 12.6. The maximum Gasteiger partial charge on any atom is 0.418 e. The van der Waals surface area contributed by atoms with Gasteiger partial charge < -0.3 is 10.2 Å². The van der Waals surface area contributed by atoms with Gasteiger partial charge in [0.1, 0.15) is 6.61 Å². The Bertz CT molecular complexity index is 670. The zero-order chi connectivity index (χ0) is 16.4. The largest absolute Gasteiger partial charge is 0.444 e. The molecule has 23 heavy (non-hydrogen) atoms. The average Bonchev–Trinajstić information content (AvgIpc) is 2.99. The van der Waals surface area contributed by atoms with Crippen molar-refractivity contribution in [2.45, 2.75) is 12.8 Å². The molecule has 122 valence electrons. The van der Waals surface area contributed by atoms with Crippen LogP contribution in [0.4, 0.5) is 18.0 Å². The Hall–Kier alpha value is -2.48. The highest BCUT2D eigenvalue weighted by atomic mass is 19.4. The standard InChI is InChI=1S/C15H14F3N3O2/c16-15(17,18)12-3-1-2-10(6-12)9-23-14(22)21-5-4-11-7-19-20-13(11)8-21/h1-6,8,11,19-20H,7,9H2. The second kappa shape index (κ2) is 5.96. The summed E-state index contributed by atoms with van der Waals surface area (Å²) < 4.78 is 43.0. The molecule has 2 N–H and O–H groups in total. The molecule has 0 aliphatic carbocycles. The zero-order valence-electron chi connectivity index (χ0n) is 11.9. The minimum atomic E-state index is -4.42. The van der Waals surface area contributed by atoms with Crippen molar-refractivity contribution in [3.63, 3.8) is 0 Å². The van der Waals surface area contributed by atoms with Crippen LogP contribution in [-0.4, -0.2) is 17.5 Å². The lowest BCUT2D eigenvalue weighted by atomic mass is 10.1. The van der Waals surface area contributed by atoms with Crippen molar-refractivity contribution in [3.8, 4) is 0 Å². The van der Waals surface area contributed by atoms with Gasteiger partial charge in [0.2, 0.25) is 0 Å². The summed E-state index contributed by atoms with van der Waals surface area (Å²) in [5.74, 6) is 0.183. The molecule has 1 atom stereocenters. The van der Waals surface area contributed by atoms with E-state index in [4.69, 9.17) is 4.74 Å². The third-order valence-corrected chi connectivity index (χ3v) is 3.54. The topological polar surface area (TPSA) is 53.6 Å². The molecule has 2 aliphatic rings. The second-order valence-electron chi connectivity index (χ2n) is 5.20. The fourth-order valence-electron chi connectivity index (χ4n) is 2.33. The number of ether oxygens (including phenoxy) is 1. The third-order valence-electron chi connectivity index (χ3n) is 3.54. The predicted octanol–water partition coefficient (Wildman–Crippen LogP) is 2.74. The highest BCUT2D eigenvalue weighted by Gasteiger charge is 2.30. The summed E-state index contributed by atoms with van der Waals surface area (Å²) >= 11 is 0. The minimum Gasteiger partial charge on any atom is -0.444 e. The molecule has 0 saturated carbocycles. The smallest absolute Gasteiger partial charge is 0.418 e. The van der Waals surface area contributed by atoms with Gasteiger partial charge in [0.05, 0.1) is 11.3 Å². The fourth-order valence-corrected chi connectivity index (χ4v) is 2.33. The molecular weight excluding hydrogens is 311 g/mol. The number of fused-ring (bicyclic) bond motifs is 1. The molecule has 1 aromatic carbocycles. The van der Waals surface area contributed by atoms with Crippen molar-refractivity contribution < 1.29 is 22.7 Å². The van der Waals surface area contributed by atoms with Gasteiger partial charge in [-0.05, 0) is 17.7 Å². The highest BCUT2D eigenvalue weighted by molar-refractivity contribution is 5.70. The van der Waals surface area contributed by atoms with E-state index in [2.05, 4.69) is 10.9 Å². The molecule has 2 aliphatic heterocycles. The molecule has 1 unspecified atom stereocenters. The van der Waals surface area contributed by atoms with E-state index in [0.717, 1.165) is 24.4 Å². The number of alkyl halides is 3. The minimum absolute atomic E-state index is 0.183. The number of benzene rings is 1. The van der Waals surface area contributed by atoms with Gasteiger partial charge in [-0.2, -0.15) is 13.2 Å². The number of carbonyl (C=O) groups is 1. The molecule has 0 aromatic heterocycles. The molecule has 3 rings (SSSR count). The summed E-state index contributed by atoms with van der Waals surface area (Å²) in [6.07, 6.45) is -0.0566. The van der Waals surface area contributed by atoms with E-state index in [1.54, 1.807) is 12.4 Å². The fraction of sp³-hybridized carbons (Fsp3) is 0.267. The van der Waals surface area contributed by atoms with Crippen LogP contribution >= 0.6 is 0 Å². The first-order valence-corrected chi connectivity index (χ1v) is 6.93. The molecule has 8 heteroatoms. The quantitative estimate of drug-likeness (QED) is 0.878. The van der Waals surface area contributed by atoms with Crippen molar-refractivity contribution in [3.05, 3.63) is 59.6 Å². The summed E-state index contributed by atoms with van der Waals surface area (Å²) in [6.45, 7) is 0.501. The number of hydrogen-bond donors (Lipinski definition) is 2. The lowest BCUT2D eigenvalue weighted by Crippen LogP contribution is -2.27. The Morgan fingerprint density at radius 1 is 1.39 bits per heavy atom. The van der Waals surface area contributed by atoms with E-state index in [-0.39, 0.29) is 18.1 Å². The molecular formula is C15H14F3N3O2. The summed E-state index contributed by atoms with van der Waals surface area (Å²) in [7, 11) is 0. The lowest BCUT2D eigenvalue weighted by molar-refractivity contribution is -0.137. The van der Waals surface area contributed by atoms with Gasteiger partial charge >= 0.3 is 12.3 Å². The Morgan fingerprint density at radius 3 is 3.00 bits per heavy atom. The number of rotatable bonds is 2. The average molecular weight is 325 g/mol. The van der Waals surface area contributed by atoms with Crippen molar-refractivity contribution in [1.29, 1.82) is 0 Å². The number of halogens is 3. The van der Waals surface area contributed by atoms with Crippen molar-refractivity contribution in [1.82, 2.24) is 15.8 Å². The monoisotopic (exact) mass is 325 g/mol. The van der Waals surface area contributed by atoms with E-state index in [0.29, 0.717) is 0 Å². The van der Waals surface area contributed by atoms with E-state index in [1.807, 2.05) is 6.08 Å². The van der Waals surface area contributed by atoms with Crippen LogP contribution in [0.3, 0.4) is 0 Å². The van der Waals surface area contributed by atoms with Crippen LogP contribution in [0.25, 0.3) is 0 Å². The van der Waals surface area contributed by atoms with Gasteiger partial charge in [-0.25, -0.2) is 10.2 Å². The van der Waals surface area contributed by atoms with E-state index < -0.39 is 17.8 Å². The molecule has 2 heterocycles. The molecule has 0 bridgehead atoms. The van der Waals surface area contributed by atoms with Crippen LogP contribution in [-0.2, 0) is 17.5 Å². The number of carbonyl (C=O) groups excluding carboxylic acids is 1. The van der Waals surface area contributed by atoms with Crippen LogP contribution in [0.5, 0.6) is 0 Å². The van der Waals surface area contributed by atoms with Gasteiger partial charge in [0.15, 0.2) is 0 Å². The maximum absolute atomic E-state index is 12.6. The van der Waals surface area contributed by atoms with Crippen LogP contribution in [0.2, 0.25) is 0 Å². The van der Waals surface area contributed by atoms with Crippen molar-refractivity contribution in [2.75, 3.05) is 6.54 Å².